The fraction of sp³-hybridized carbons (Fsp3) is 0.865. The molecule has 2 aliphatic heterocycles. The summed E-state index contributed by atoms with van der Waals surface area (Å²) >= 11 is 0. The Balaban J connectivity index is 1.23. The number of amides is 1. The van der Waals surface area contributed by atoms with Crippen molar-refractivity contribution in [3.05, 3.63) is 29.9 Å². The van der Waals surface area contributed by atoms with E-state index in [9.17, 15) is 55.5 Å². The lowest BCUT2D eigenvalue weighted by Crippen LogP contribution is -2.75. The molecular formula is C52H82N4O13. The van der Waals surface area contributed by atoms with Crippen molar-refractivity contribution in [3.63, 3.8) is 0 Å². The molecule has 3 heterocycles. The molecule has 17 heteroatoms. The molecule has 0 aromatic carbocycles. The van der Waals surface area contributed by atoms with Crippen LogP contribution in [0.3, 0.4) is 0 Å². The first-order chi connectivity index (χ1) is 32.6. The summed E-state index contributed by atoms with van der Waals surface area (Å²) in [5, 5.41) is 105. The van der Waals surface area contributed by atoms with Gasteiger partial charge in [-0.2, -0.15) is 0 Å². The maximum absolute atomic E-state index is 14.2. The van der Waals surface area contributed by atoms with Crippen LogP contribution in [0.2, 0.25) is 0 Å². The van der Waals surface area contributed by atoms with Crippen molar-refractivity contribution in [2.75, 3.05) is 26.4 Å². The van der Waals surface area contributed by atoms with Crippen molar-refractivity contribution in [1.29, 1.82) is 0 Å². The van der Waals surface area contributed by atoms with Crippen molar-refractivity contribution >= 4 is 11.9 Å². The normalized spacial score (nSPS) is 48.9. The molecule has 69 heavy (non-hydrogen) atoms. The quantitative estimate of drug-likeness (QED) is 0.0769. The van der Waals surface area contributed by atoms with Crippen LogP contribution in [0.25, 0.3) is 0 Å². The van der Waals surface area contributed by atoms with Gasteiger partial charge in [0.2, 0.25) is 5.91 Å². The van der Waals surface area contributed by atoms with Crippen LogP contribution in [-0.4, -0.2) is 143 Å². The van der Waals surface area contributed by atoms with Crippen molar-refractivity contribution in [2.24, 2.45) is 79.1 Å². The van der Waals surface area contributed by atoms with Gasteiger partial charge in [0.25, 0.3) is 0 Å². The maximum atomic E-state index is 14.2. The SMILES string of the molecule is CC1(CO)CCC2(C(=O)O)CCC3(C)C(=CCC4C5(C)C(CC6C(CO)C(=O)NC6C(CCC(N)O)c6cnc[nH]6)C(O)C(OC6OCC(O)C(O)C6O)C(C)(CO)C5CC5(CCCC5)C43C)C2C1. The van der Waals surface area contributed by atoms with Crippen molar-refractivity contribution in [2.45, 2.75) is 180 Å². The molecule has 5 saturated carbocycles. The number of aliphatic hydroxyl groups is 8. The van der Waals surface area contributed by atoms with E-state index in [4.69, 9.17) is 15.2 Å². The molecule has 0 bridgehead atoms. The number of carboxylic acids is 1. The third-order valence-corrected chi connectivity index (χ3v) is 22.1. The van der Waals surface area contributed by atoms with Gasteiger partial charge < -0.3 is 71.5 Å². The fourth-order valence-electron chi connectivity index (χ4n) is 18.1. The number of aromatic nitrogens is 2. The number of allylic oxidation sites excluding steroid dienone is 2. The molecule has 7 fully saturated rings. The van der Waals surface area contributed by atoms with E-state index in [1.807, 2.05) is 6.92 Å². The maximum Gasteiger partial charge on any atom is 0.310 e. The van der Waals surface area contributed by atoms with Gasteiger partial charge in [-0.25, -0.2) is 4.98 Å². The lowest BCUT2D eigenvalue weighted by molar-refractivity contribution is -0.351. The van der Waals surface area contributed by atoms with Gasteiger partial charge in [0.05, 0.1) is 49.7 Å². The van der Waals surface area contributed by atoms with Crippen LogP contribution in [0.5, 0.6) is 0 Å². The number of fused-ring (bicyclic) bond motifs is 8. The summed E-state index contributed by atoms with van der Waals surface area (Å²) in [5.74, 6) is -4.39. The number of H-pyrrole nitrogens is 1. The van der Waals surface area contributed by atoms with Gasteiger partial charge in [-0.1, -0.05) is 59.1 Å². The molecular weight excluding hydrogens is 889 g/mol. The molecule has 6 aliphatic carbocycles. The van der Waals surface area contributed by atoms with Crippen LogP contribution < -0.4 is 11.1 Å². The third-order valence-electron chi connectivity index (χ3n) is 22.1. The van der Waals surface area contributed by atoms with Crippen molar-refractivity contribution in [1.82, 2.24) is 15.3 Å². The second kappa shape index (κ2) is 18.1. The van der Waals surface area contributed by atoms with Crippen LogP contribution in [0.1, 0.15) is 136 Å². The lowest BCUT2D eigenvalue weighted by atomic mass is 9.26. The van der Waals surface area contributed by atoms with E-state index in [1.54, 1.807) is 12.5 Å². The molecule has 1 aromatic rings. The Morgan fingerprint density at radius 3 is 2.26 bits per heavy atom. The molecule has 1 amide bonds. The van der Waals surface area contributed by atoms with Crippen LogP contribution in [0, 0.1) is 73.4 Å². The van der Waals surface area contributed by atoms with Gasteiger partial charge in [0.1, 0.15) is 24.5 Å². The average molecular weight is 971 g/mol. The number of aliphatic hydroxyl groups excluding tert-OH is 8. The molecule has 17 nitrogen and oxygen atoms in total. The molecule has 1 aromatic heterocycles. The summed E-state index contributed by atoms with van der Waals surface area (Å²) in [4.78, 5) is 35.3. The number of nitrogens with one attached hydrogen (secondary N) is 2. The van der Waals surface area contributed by atoms with E-state index in [0.29, 0.717) is 51.4 Å². The van der Waals surface area contributed by atoms with Crippen LogP contribution in [-0.2, 0) is 19.1 Å². The number of nitrogens with two attached hydrogens (primary N) is 1. The number of ether oxygens (including phenoxy) is 2. The molecule has 1 spiro atoms. The summed E-state index contributed by atoms with van der Waals surface area (Å²) in [5.41, 5.74) is 3.21. The Hall–Kier alpha value is -2.55. The van der Waals surface area contributed by atoms with E-state index in [-0.39, 0.29) is 55.1 Å². The lowest BCUT2D eigenvalue weighted by Gasteiger charge is -2.78. The Morgan fingerprint density at radius 2 is 1.64 bits per heavy atom. The highest BCUT2D eigenvalue weighted by atomic mass is 16.7. The standard InChI is InChI=1S/C52H82N4O13/c1-46(24-58)14-16-52(45(66)67)17-15-48(3)30(32(52)19-46)9-10-35-49(4)31(18-28-29(22-57)43(65)56-38(28)27(8-11-37(53)61)33-21-54-26-55-33)39(62)42(69-44-41(64)40(63)34(60)23-68-44)47(2,25-59)36(49)20-51(50(35,48)5)12-6-7-13-51/h9,21,26-29,31-32,34-42,44,57-64H,6-8,10-20,22-25,53H2,1-5H3,(H,54,55)(H,56,65)(H,66,67). The largest absolute Gasteiger partial charge is 0.481 e. The number of aromatic amines is 1. The van der Waals surface area contributed by atoms with Gasteiger partial charge in [0.15, 0.2) is 6.29 Å². The molecule has 8 aliphatic rings. The molecule has 21 unspecified atom stereocenters. The van der Waals surface area contributed by atoms with Crippen LogP contribution >= 0.6 is 0 Å². The predicted octanol–water partition coefficient (Wildman–Crippen LogP) is 2.69. The number of nitrogens with zero attached hydrogens (tertiary/aromatic N) is 1. The third kappa shape index (κ3) is 7.42. The summed E-state index contributed by atoms with van der Waals surface area (Å²) < 4.78 is 12.6. The van der Waals surface area contributed by atoms with E-state index >= 15 is 0 Å². The van der Waals surface area contributed by atoms with E-state index in [2.05, 4.69) is 49.1 Å². The van der Waals surface area contributed by atoms with Gasteiger partial charge >= 0.3 is 5.97 Å². The number of imidazole rings is 1. The molecule has 13 N–H and O–H groups in total. The number of rotatable bonds is 13. The minimum absolute atomic E-state index is 0.0276. The number of carbonyl (C=O) groups excluding carboxylic acids is 1. The molecule has 9 rings (SSSR count). The topological polar surface area (TPSA) is 301 Å². The second-order valence-corrected chi connectivity index (χ2v) is 24.8. The summed E-state index contributed by atoms with van der Waals surface area (Å²) in [6.07, 6.45) is 4.57. The highest BCUT2D eigenvalue weighted by Crippen LogP contribution is 2.83. The van der Waals surface area contributed by atoms with Gasteiger partial charge in [-0.05, 0) is 134 Å². The smallest absolute Gasteiger partial charge is 0.310 e. The number of hydrogen-bond donors (Lipinski definition) is 12. The van der Waals surface area contributed by atoms with Gasteiger partial charge in [-0.3, -0.25) is 9.59 Å². The zero-order chi connectivity index (χ0) is 49.9. The summed E-state index contributed by atoms with van der Waals surface area (Å²) in [6, 6.07) is -0.588. The molecule has 2 saturated heterocycles. The Bertz CT molecular complexity index is 2090. The minimum atomic E-state index is -1.67. The molecule has 388 valence electrons. The Labute approximate surface area is 406 Å². The predicted molar refractivity (Wildman–Crippen MR) is 250 cm³/mol. The minimum Gasteiger partial charge on any atom is -0.481 e. The molecule has 21 atom stereocenters. The monoisotopic (exact) mass is 971 g/mol. The number of hydrogen-bond acceptors (Lipinski definition) is 14. The first kappa shape index (κ1) is 51.4. The average Bonchev–Trinajstić information content (AvgIpc) is 4.10. The van der Waals surface area contributed by atoms with E-state index in [1.165, 1.54) is 5.57 Å². The van der Waals surface area contributed by atoms with Crippen LogP contribution in [0.4, 0.5) is 0 Å². The van der Waals surface area contributed by atoms with Gasteiger partial charge in [0, 0.05) is 35.9 Å². The van der Waals surface area contributed by atoms with Crippen molar-refractivity contribution < 1.29 is 65.0 Å². The van der Waals surface area contributed by atoms with Gasteiger partial charge in [-0.15, -0.1) is 0 Å². The highest BCUT2D eigenvalue weighted by Gasteiger charge is 2.78. The first-order valence-corrected chi connectivity index (χ1v) is 26.0. The number of carbonyl (C=O) groups is 2. The zero-order valence-corrected chi connectivity index (χ0v) is 41.3. The highest BCUT2D eigenvalue weighted by molar-refractivity contribution is 5.82. The summed E-state index contributed by atoms with van der Waals surface area (Å²) in [6.45, 7) is 9.89. The van der Waals surface area contributed by atoms with Crippen LogP contribution in [0.15, 0.2) is 24.2 Å². The zero-order valence-electron chi connectivity index (χ0n) is 41.3. The van der Waals surface area contributed by atoms with E-state index < -0.39 is 124 Å². The fourth-order valence-corrected chi connectivity index (χ4v) is 18.1. The van der Waals surface area contributed by atoms with E-state index in [0.717, 1.165) is 31.4 Å². The first-order valence-electron chi connectivity index (χ1n) is 26.0. The Morgan fingerprint density at radius 1 is 0.928 bits per heavy atom. The molecule has 0 radical (unpaired) electrons. The second-order valence-electron chi connectivity index (χ2n) is 24.8. The number of carboxylic acid groups (broad SMARTS) is 1. The number of aliphatic carboxylic acids is 1. The Kier molecular flexibility index (Phi) is 13.5. The van der Waals surface area contributed by atoms with Crippen molar-refractivity contribution in [3.8, 4) is 0 Å². The summed E-state index contributed by atoms with van der Waals surface area (Å²) in [7, 11) is 0.